The van der Waals surface area contributed by atoms with Crippen LogP contribution in [-0.2, 0) is 12.8 Å². The first-order valence-electron chi connectivity index (χ1n) is 6.93. The first-order valence-corrected chi connectivity index (χ1v) is 7.75. The van der Waals surface area contributed by atoms with Crippen LogP contribution in [0.15, 0.2) is 6.07 Å². The molecule has 0 atom stereocenters. The van der Waals surface area contributed by atoms with E-state index in [2.05, 4.69) is 16.7 Å². The summed E-state index contributed by atoms with van der Waals surface area (Å²) in [4.78, 5) is 14.4. The van der Waals surface area contributed by atoms with Gasteiger partial charge in [-0.25, -0.2) is 0 Å². The smallest absolute Gasteiger partial charge is 0.261 e. The zero-order valence-electron chi connectivity index (χ0n) is 11.0. The molecule has 1 saturated heterocycles. The maximum absolute atomic E-state index is 12.1. The first kappa shape index (κ1) is 14.8. The Morgan fingerprint density at radius 2 is 2.11 bits per heavy atom. The number of thiophene rings is 1. The van der Waals surface area contributed by atoms with Gasteiger partial charge in [0.1, 0.15) is 0 Å². The highest BCUT2D eigenvalue weighted by Crippen LogP contribution is 2.28. The summed E-state index contributed by atoms with van der Waals surface area (Å²) < 4.78 is 0. The molecule has 19 heavy (non-hydrogen) atoms. The van der Waals surface area contributed by atoms with Gasteiger partial charge in [-0.1, -0.05) is 6.42 Å². The van der Waals surface area contributed by atoms with E-state index in [0.717, 1.165) is 30.9 Å². The van der Waals surface area contributed by atoms with Gasteiger partial charge in [-0.3, -0.25) is 4.79 Å². The average Bonchev–Trinajstić information content (AvgIpc) is 2.59. The number of hydrogen-bond acceptors (Lipinski definition) is 3. The third-order valence-corrected chi connectivity index (χ3v) is 5.12. The van der Waals surface area contributed by atoms with Crippen LogP contribution < -0.4 is 10.6 Å². The van der Waals surface area contributed by atoms with Crippen molar-refractivity contribution in [1.82, 2.24) is 10.6 Å². The highest BCUT2D eigenvalue weighted by atomic mass is 35.5. The highest BCUT2D eigenvalue weighted by molar-refractivity contribution is 7.14. The second-order valence-electron chi connectivity index (χ2n) is 5.35. The van der Waals surface area contributed by atoms with E-state index in [9.17, 15) is 4.79 Å². The minimum atomic E-state index is 0. The lowest BCUT2D eigenvalue weighted by molar-refractivity contribution is 0.0946. The lowest BCUT2D eigenvalue weighted by Crippen LogP contribution is -2.48. The van der Waals surface area contributed by atoms with E-state index in [0.29, 0.717) is 5.92 Å². The zero-order valence-corrected chi connectivity index (χ0v) is 12.7. The van der Waals surface area contributed by atoms with E-state index in [4.69, 9.17) is 0 Å². The molecule has 106 valence electrons. The van der Waals surface area contributed by atoms with Gasteiger partial charge in [0.25, 0.3) is 5.91 Å². The number of amides is 1. The Hall–Kier alpha value is -0.580. The van der Waals surface area contributed by atoms with Gasteiger partial charge in [0, 0.05) is 30.4 Å². The van der Waals surface area contributed by atoms with Crippen LogP contribution in [0.25, 0.3) is 0 Å². The van der Waals surface area contributed by atoms with Crippen molar-refractivity contribution < 1.29 is 4.79 Å². The predicted octanol–water partition coefficient (Wildman–Crippen LogP) is 2.39. The summed E-state index contributed by atoms with van der Waals surface area (Å²) >= 11 is 1.71. The third-order valence-electron chi connectivity index (χ3n) is 3.89. The Kier molecular flexibility index (Phi) is 5.25. The van der Waals surface area contributed by atoms with Gasteiger partial charge in [0.05, 0.1) is 4.88 Å². The number of rotatable bonds is 3. The molecule has 3 rings (SSSR count). The number of aryl methyl sites for hydroxylation is 2. The molecule has 5 heteroatoms. The molecule has 0 saturated carbocycles. The monoisotopic (exact) mass is 300 g/mol. The second kappa shape index (κ2) is 6.73. The van der Waals surface area contributed by atoms with Crippen molar-refractivity contribution in [3.63, 3.8) is 0 Å². The quantitative estimate of drug-likeness (QED) is 0.842. The molecule has 1 fully saturated rings. The summed E-state index contributed by atoms with van der Waals surface area (Å²) in [6, 6.07) is 2.12. The van der Waals surface area contributed by atoms with Crippen molar-refractivity contribution in [3.8, 4) is 0 Å². The summed E-state index contributed by atoms with van der Waals surface area (Å²) in [6.07, 6.45) is 6.21. The van der Waals surface area contributed by atoms with Gasteiger partial charge >= 0.3 is 0 Å². The van der Waals surface area contributed by atoms with Crippen LogP contribution in [0.3, 0.4) is 0 Å². The van der Waals surface area contributed by atoms with E-state index < -0.39 is 0 Å². The fourth-order valence-electron chi connectivity index (χ4n) is 2.60. The van der Waals surface area contributed by atoms with Crippen LogP contribution in [0.5, 0.6) is 0 Å². The topological polar surface area (TPSA) is 41.1 Å². The number of carbonyl (C=O) groups is 1. The van der Waals surface area contributed by atoms with Gasteiger partial charge in [-0.2, -0.15) is 0 Å². The molecule has 0 aromatic carbocycles. The molecule has 0 spiro atoms. The lowest BCUT2D eigenvalue weighted by Gasteiger charge is -2.26. The van der Waals surface area contributed by atoms with Crippen LogP contribution in [0.2, 0.25) is 0 Å². The SMILES string of the molecule is Cl.O=C(NCC1CNC1)c1cc2c(s1)CCCCC2. The van der Waals surface area contributed by atoms with E-state index in [-0.39, 0.29) is 18.3 Å². The first-order chi connectivity index (χ1) is 8.83. The Morgan fingerprint density at radius 1 is 1.32 bits per heavy atom. The van der Waals surface area contributed by atoms with E-state index in [1.807, 2.05) is 0 Å². The maximum atomic E-state index is 12.1. The Bertz CT molecular complexity index is 419. The van der Waals surface area contributed by atoms with Gasteiger partial charge < -0.3 is 10.6 Å². The van der Waals surface area contributed by atoms with Gasteiger partial charge in [0.15, 0.2) is 0 Å². The molecule has 1 amide bonds. The van der Waals surface area contributed by atoms with Gasteiger partial charge in [0.2, 0.25) is 0 Å². The van der Waals surface area contributed by atoms with Crippen molar-refractivity contribution in [2.24, 2.45) is 5.92 Å². The minimum Gasteiger partial charge on any atom is -0.351 e. The summed E-state index contributed by atoms with van der Waals surface area (Å²) in [6.45, 7) is 2.90. The molecule has 3 nitrogen and oxygen atoms in total. The minimum absolute atomic E-state index is 0. The number of hydrogen-bond donors (Lipinski definition) is 2. The molecule has 1 aliphatic carbocycles. The molecule has 0 bridgehead atoms. The molecule has 0 radical (unpaired) electrons. The fraction of sp³-hybridized carbons (Fsp3) is 0.643. The number of nitrogens with one attached hydrogen (secondary N) is 2. The molecule has 1 aromatic heterocycles. The Labute approximate surface area is 124 Å². The van der Waals surface area contributed by atoms with Gasteiger partial charge in [-0.15, -0.1) is 23.7 Å². The molecule has 0 unspecified atom stereocenters. The summed E-state index contributed by atoms with van der Waals surface area (Å²) in [5, 5.41) is 6.28. The standard InChI is InChI=1S/C14H20N2OS.ClH/c17-14(16-9-10-7-15-8-10)13-6-11-4-2-1-3-5-12(11)18-13;/h6,10,15H,1-5,7-9H2,(H,16,17);1H. The third kappa shape index (κ3) is 3.50. The molecule has 1 aromatic rings. The number of halogens is 1. The molecule has 2 N–H and O–H groups in total. The molecule has 1 aliphatic heterocycles. The number of fused-ring (bicyclic) bond motifs is 1. The van der Waals surface area contributed by atoms with E-state index >= 15 is 0 Å². The molecular weight excluding hydrogens is 280 g/mol. The van der Waals surface area contributed by atoms with E-state index in [1.165, 1.54) is 36.1 Å². The Morgan fingerprint density at radius 3 is 2.84 bits per heavy atom. The average molecular weight is 301 g/mol. The van der Waals surface area contributed by atoms with Crippen LogP contribution >= 0.6 is 23.7 Å². The van der Waals surface area contributed by atoms with Crippen molar-refractivity contribution in [2.75, 3.05) is 19.6 Å². The Balaban J connectivity index is 0.00000133. The summed E-state index contributed by atoms with van der Waals surface area (Å²) in [5.41, 5.74) is 1.42. The largest absolute Gasteiger partial charge is 0.351 e. The van der Waals surface area contributed by atoms with Crippen molar-refractivity contribution in [3.05, 3.63) is 21.4 Å². The summed E-state index contributed by atoms with van der Waals surface area (Å²) in [5.74, 6) is 0.756. The van der Waals surface area contributed by atoms with Crippen LogP contribution in [0.4, 0.5) is 0 Å². The van der Waals surface area contributed by atoms with Gasteiger partial charge in [-0.05, 0) is 37.3 Å². The molecule has 2 heterocycles. The second-order valence-corrected chi connectivity index (χ2v) is 6.49. The highest BCUT2D eigenvalue weighted by Gasteiger charge is 2.20. The van der Waals surface area contributed by atoms with Crippen molar-refractivity contribution in [1.29, 1.82) is 0 Å². The van der Waals surface area contributed by atoms with Crippen LogP contribution in [-0.4, -0.2) is 25.5 Å². The van der Waals surface area contributed by atoms with E-state index in [1.54, 1.807) is 11.3 Å². The number of carbonyl (C=O) groups excluding carboxylic acids is 1. The normalized spacial score (nSPS) is 18.7. The molecular formula is C14H21ClN2OS. The van der Waals surface area contributed by atoms with Crippen LogP contribution in [0, 0.1) is 5.92 Å². The summed E-state index contributed by atoms with van der Waals surface area (Å²) in [7, 11) is 0. The predicted molar refractivity (Wildman–Crippen MR) is 81.5 cm³/mol. The van der Waals surface area contributed by atoms with Crippen molar-refractivity contribution >= 4 is 29.7 Å². The zero-order chi connectivity index (χ0) is 12.4. The lowest BCUT2D eigenvalue weighted by atomic mass is 10.0. The fourth-order valence-corrected chi connectivity index (χ4v) is 3.77. The maximum Gasteiger partial charge on any atom is 0.261 e. The van der Waals surface area contributed by atoms with Crippen molar-refractivity contribution in [2.45, 2.75) is 32.1 Å². The van der Waals surface area contributed by atoms with Crippen LogP contribution in [0.1, 0.15) is 39.4 Å². The molecule has 2 aliphatic rings.